The first-order valence-corrected chi connectivity index (χ1v) is 5.59. The number of nitrogens with zero attached hydrogens (tertiary/aromatic N) is 1. The highest BCUT2D eigenvalue weighted by Gasteiger charge is 2.33. The largest absolute Gasteiger partial charge is 0.497 e. The summed E-state index contributed by atoms with van der Waals surface area (Å²) in [4.78, 5) is 4.13. The summed E-state index contributed by atoms with van der Waals surface area (Å²) in [6.45, 7) is 0.275. The number of amidine groups is 1. The van der Waals surface area contributed by atoms with Crippen LogP contribution in [0.15, 0.2) is 17.1 Å². The molecule has 3 N–H and O–H groups in total. The second-order valence-electron chi connectivity index (χ2n) is 4.11. The summed E-state index contributed by atoms with van der Waals surface area (Å²) >= 11 is 0. The van der Waals surface area contributed by atoms with Gasteiger partial charge in [0.2, 0.25) is 0 Å². The van der Waals surface area contributed by atoms with Gasteiger partial charge in [-0.1, -0.05) is 0 Å². The van der Waals surface area contributed by atoms with E-state index in [0.717, 1.165) is 12.1 Å². The lowest BCUT2D eigenvalue weighted by atomic mass is 9.92. The van der Waals surface area contributed by atoms with Crippen LogP contribution in [-0.4, -0.2) is 32.6 Å². The van der Waals surface area contributed by atoms with E-state index in [2.05, 4.69) is 10.3 Å². The molecule has 1 aromatic carbocycles. The minimum absolute atomic E-state index is 0.0303. The summed E-state index contributed by atoms with van der Waals surface area (Å²) in [5.41, 5.74) is 5.89. The molecular formula is C12H15F2N3O. The van der Waals surface area contributed by atoms with Crippen LogP contribution < -0.4 is 15.8 Å². The van der Waals surface area contributed by atoms with Gasteiger partial charge in [-0.3, -0.25) is 4.99 Å². The molecule has 0 aliphatic carbocycles. The lowest BCUT2D eigenvalue weighted by Crippen LogP contribution is -2.40. The number of likely N-dealkylation sites (N-methyl/N-ethyl adjacent to an activating group) is 1. The van der Waals surface area contributed by atoms with Crippen LogP contribution in [0.5, 0.6) is 5.75 Å². The third-order valence-corrected chi connectivity index (χ3v) is 3.12. The third-order valence-electron chi connectivity index (χ3n) is 3.12. The minimum atomic E-state index is -0.653. The Morgan fingerprint density at radius 1 is 1.39 bits per heavy atom. The Hall–Kier alpha value is -1.69. The number of ether oxygens (including phenoxy) is 1. The molecule has 0 spiro atoms. The Balaban J connectivity index is 2.36. The summed E-state index contributed by atoms with van der Waals surface area (Å²) in [5, 5.41) is 2.83. The van der Waals surface area contributed by atoms with Gasteiger partial charge in [-0.05, 0) is 0 Å². The van der Waals surface area contributed by atoms with Gasteiger partial charge >= 0.3 is 0 Å². The molecule has 2 rings (SSSR count). The van der Waals surface area contributed by atoms with Crippen molar-refractivity contribution >= 4 is 5.84 Å². The van der Waals surface area contributed by atoms with Gasteiger partial charge in [0, 0.05) is 30.7 Å². The zero-order chi connectivity index (χ0) is 13.3. The SMILES string of the molecule is CNC1=NC[C@@H](c2c(F)cc(OC)cc2F)[C@@H]1N. The van der Waals surface area contributed by atoms with Crippen molar-refractivity contribution in [1.82, 2.24) is 5.32 Å². The molecule has 0 unspecified atom stereocenters. The van der Waals surface area contributed by atoms with E-state index in [1.165, 1.54) is 7.11 Å². The molecule has 4 nitrogen and oxygen atoms in total. The molecule has 0 amide bonds. The van der Waals surface area contributed by atoms with E-state index in [-0.39, 0.29) is 17.9 Å². The van der Waals surface area contributed by atoms with Crippen molar-refractivity contribution in [2.45, 2.75) is 12.0 Å². The van der Waals surface area contributed by atoms with Crippen molar-refractivity contribution in [3.8, 4) is 5.75 Å². The normalized spacial score (nSPS) is 22.8. The van der Waals surface area contributed by atoms with Gasteiger partial charge in [0.1, 0.15) is 23.2 Å². The van der Waals surface area contributed by atoms with Crippen LogP contribution in [0.2, 0.25) is 0 Å². The fraction of sp³-hybridized carbons (Fsp3) is 0.417. The average Bonchev–Trinajstić information content (AvgIpc) is 2.70. The molecule has 98 valence electrons. The first-order chi connectivity index (χ1) is 8.58. The molecular weight excluding hydrogens is 240 g/mol. The quantitative estimate of drug-likeness (QED) is 0.829. The monoisotopic (exact) mass is 255 g/mol. The smallest absolute Gasteiger partial charge is 0.133 e. The Kier molecular flexibility index (Phi) is 3.47. The number of hydrogen-bond donors (Lipinski definition) is 2. The van der Waals surface area contributed by atoms with E-state index >= 15 is 0 Å². The van der Waals surface area contributed by atoms with Crippen LogP contribution in [0.4, 0.5) is 8.78 Å². The number of nitrogens with one attached hydrogen (secondary N) is 1. The summed E-state index contributed by atoms with van der Waals surface area (Å²) in [7, 11) is 3.04. The maximum absolute atomic E-state index is 13.9. The van der Waals surface area contributed by atoms with Crippen LogP contribution in [0, 0.1) is 11.6 Å². The predicted molar refractivity (Wildman–Crippen MR) is 65.0 cm³/mol. The Morgan fingerprint density at radius 2 is 2.00 bits per heavy atom. The number of hydrogen-bond acceptors (Lipinski definition) is 4. The van der Waals surface area contributed by atoms with Gasteiger partial charge < -0.3 is 15.8 Å². The summed E-state index contributed by atoms with van der Waals surface area (Å²) < 4.78 is 32.6. The zero-order valence-electron chi connectivity index (χ0n) is 10.2. The highest BCUT2D eigenvalue weighted by Crippen LogP contribution is 2.31. The number of nitrogens with two attached hydrogens (primary N) is 1. The second kappa shape index (κ2) is 4.89. The number of rotatable bonds is 2. The molecule has 1 aliphatic heterocycles. The van der Waals surface area contributed by atoms with E-state index in [0.29, 0.717) is 5.84 Å². The van der Waals surface area contributed by atoms with Crippen molar-refractivity contribution < 1.29 is 13.5 Å². The first-order valence-electron chi connectivity index (χ1n) is 5.59. The number of methoxy groups -OCH3 is 1. The summed E-state index contributed by atoms with van der Waals surface area (Å²) in [6.07, 6.45) is 0. The molecule has 0 aromatic heterocycles. The molecule has 6 heteroatoms. The highest BCUT2D eigenvalue weighted by molar-refractivity contribution is 5.90. The summed E-state index contributed by atoms with van der Waals surface area (Å²) in [6, 6.07) is 1.79. The van der Waals surface area contributed by atoms with Crippen molar-refractivity contribution in [2.75, 3.05) is 20.7 Å². The topological polar surface area (TPSA) is 59.6 Å². The van der Waals surface area contributed by atoms with Gasteiger partial charge in [-0.15, -0.1) is 0 Å². The molecule has 2 atom stereocenters. The van der Waals surface area contributed by atoms with Crippen molar-refractivity contribution in [2.24, 2.45) is 10.7 Å². The Morgan fingerprint density at radius 3 is 2.44 bits per heavy atom. The van der Waals surface area contributed by atoms with Crippen LogP contribution >= 0.6 is 0 Å². The number of aliphatic imine (C=N–C) groups is 1. The molecule has 0 bridgehead atoms. The number of halogens is 2. The molecule has 1 aliphatic rings. The van der Waals surface area contributed by atoms with E-state index in [1.54, 1.807) is 7.05 Å². The molecule has 18 heavy (non-hydrogen) atoms. The van der Waals surface area contributed by atoms with Gasteiger partial charge in [0.15, 0.2) is 0 Å². The van der Waals surface area contributed by atoms with E-state index in [1.807, 2.05) is 0 Å². The molecule has 0 fully saturated rings. The van der Waals surface area contributed by atoms with Gasteiger partial charge in [0.05, 0.1) is 19.7 Å². The first kappa shape index (κ1) is 12.8. The van der Waals surface area contributed by atoms with E-state index < -0.39 is 23.6 Å². The van der Waals surface area contributed by atoms with Crippen LogP contribution in [-0.2, 0) is 0 Å². The third kappa shape index (κ3) is 2.03. The highest BCUT2D eigenvalue weighted by atomic mass is 19.1. The molecule has 0 saturated heterocycles. The van der Waals surface area contributed by atoms with E-state index in [9.17, 15) is 8.78 Å². The van der Waals surface area contributed by atoms with Crippen LogP contribution in [0.25, 0.3) is 0 Å². The molecule has 1 aromatic rings. The standard InChI is InChI=1S/C12H15F2N3O/c1-16-12-11(15)7(5-17-12)10-8(13)3-6(18-2)4-9(10)14/h3-4,7,11H,5,15H2,1-2H3,(H,16,17)/t7-,11-/m0/s1. The van der Waals surface area contributed by atoms with Gasteiger partial charge in [0.25, 0.3) is 0 Å². The summed E-state index contributed by atoms with van der Waals surface area (Å²) in [5.74, 6) is -1.08. The Labute approximate surface area is 104 Å². The van der Waals surface area contributed by atoms with Crippen LogP contribution in [0.3, 0.4) is 0 Å². The molecule has 0 radical (unpaired) electrons. The zero-order valence-corrected chi connectivity index (χ0v) is 10.2. The van der Waals surface area contributed by atoms with E-state index in [4.69, 9.17) is 10.5 Å². The van der Waals surface area contributed by atoms with Crippen molar-refractivity contribution in [1.29, 1.82) is 0 Å². The fourth-order valence-electron chi connectivity index (χ4n) is 2.16. The maximum atomic E-state index is 13.9. The lowest BCUT2D eigenvalue weighted by Gasteiger charge is -2.18. The lowest BCUT2D eigenvalue weighted by molar-refractivity contribution is 0.403. The van der Waals surface area contributed by atoms with Gasteiger partial charge in [-0.25, -0.2) is 8.78 Å². The predicted octanol–water partition coefficient (Wildman–Crippen LogP) is 1.02. The number of benzene rings is 1. The molecule has 0 saturated carbocycles. The average molecular weight is 255 g/mol. The van der Waals surface area contributed by atoms with Crippen molar-refractivity contribution in [3.05, 3.63) is 29.3 Å². The fourth-order valence-corrected chi connectivity index (χ4v) is 2.16. The second-order valence-corrected chi connectivity index (χ2v) is 4.11. The van der Waals surface area contributed by atoms with Gasteiger partial charge in [-0.2, -0.15) is 0 Å². The minimum Gasteiger partial charge on any atom is -0.497 e. The van der Waals surface area contributed by atoms with Crippen LogP contribution in [0.1, 0.15) is 11.5 Å². The maximum Gasteiger partial charge on any atom is 0.133 e. The van der Waals surface area contributed by atoms with Crippen molar-refractivity contribution in [3.63, 3.8) is 0 Å². The molecule has 1 heterocycles. The Bertz CT molecular complexity index is 467.